The van der Waals surface area contributed by atoms with Crippen LogP contribution in [0, 0.1) is 0 Å². The lowest BCUT2D eigenvalue weighted by molar-refractivity contribution is 0.649. The number of hydrogen-bond acceptors (Lipinski definition) is 2. The normalized spacial score (nSPS) is 16.3. The average molecular weight is 194 g/mol. The van der Waals surface area contributed by atoms with Crippen molar-refractivity contribution in [1.29, 1.82) is 0 Å². The van der Waals surface area contributed by atoms with E-state index in [1.807, 2.05) is 18.0 Å². The molecule has 1 nitrogen and oxygen atoms in total. The fourth-order valence-electron chi connectivity index (χ4n) is 1.06. The van der Waals surface area contributed by atoms with Crippen LogP contribution < -0.4 is 0 Å². The van der Waals surface area contributed by atoms with E-state index in [0.717, 1.165) is 12.8 Å². The smallest absolute Gasteiger partial charge is 0.0342 e. The van der Waals surface area contributed by atoms with Crippen LogP contribution in [0.2, 0.25) is 0 Å². The molecule has 11 heavy (non-hydrogen) atoms. The van der Waals surface area contributed by atoms with Crippen molar-refractivity contribution in [1.82, 2.24) is 0 Å². The van der Waals surface area contributed by atoms with E-state index >= 15 is 0 Å². The van der Waals surface area contributed by atoms with E-state index in [2.05, 4.69) is 13.2 Å². The van der Waals surface area contributed by atoms with Gasteiger partial charge >= 0.3 is 0 Å². The maximum atomic E-state index is 11.1. The summed E-state index contributed by atoms with van der Waals surface area (Å²) in [5.41, 5.74) is 0. The van der Waals surface area contributed by atoms with E-state index < -0.39 is 10.8 Å². The second-order valence-corrected chi connectivity index (χ2v) is 5.31. The van der Waals surface area contributed by atoms with Crippen LogP contribution in [-0.2, 0) is 10.8 Å². The lowest BCUT2D eigenvalue weighted by atomic mass is 10.2. The molecule has 0 aliphatic carbocycles. The Kier molecular flexibility index (Phi) is 7.49. The van der Waals surface area contributed by atoms with E-state index in [9.17, 15) is 4.21 Å². The summed E-state index contributed by atoms with van der Waals surface area (Å²) >= 11 is 1.87. The van der Waals surface area contributed by atoms with Gasteiger partial charge in [-0.05, 0) is 31.3 Å². The summed E-state index contributed by atoms with van der Waals surface area (Å²) < 4.78 is 11.1. The molecule has 0 spiro atoms. The Morgan fingerprint density at radius 2 is 2.18 bits per heavy atom. The number of rotatable bonds is 6. The van der Waals surface area contributed by atoms with E-state index in [-0.39, 0.29) is 0 Å². The third-order valence-electron chi connectivity index (χ3n) is 1.80. The highest BCUT2D eigenvalue weighted by molar-refractivity contribution is 7.98. The van der Waals surface area contributed by atoms with Crippen molar-refractivity contribution in [3.05, 3.63) is 0 Å². The van der Waals surface area contributed by atoms with Crippen molar-refractivity contribution in [2.24, 2.45) is 0 Å². The standard InChI is InChI=1S/C8H18OS2/c1-4-8(11(3)9)6-5-7-10-2/h8H,4-7H2,1-3H3. The topological polar surface area (TPSA) is 17.1 Å². The van der Waals surface area contributed by atoms with Gasteiger partial charge in [0.1, 0.15) is 0 Å². The van der Waals surface area contributed by atoms with Gasteiger partial charge in [0.2, 0.25) is 0 Å². The monoisotopic (exact) mass is 194 g/mol. The molecular weight excluding hydrogens is 176 g/mol. The predicted molar refractivity (Wildman–Crippen MR) is 55.8 cm³/mol. The lowest BCUT2D eigenvalue weighted by Gasteiger charge is -2.10. The Balaban J connectivity index is 3.44. The molecule has 3 heteroatoms. The maximum absolute atomic E-state index is 11.1. The van der Waals surface area contributed by atoms with Crippen LogP contribution in [0.4, 0.5) is 0 Å². The Bertz CT molecular complexity index is 115. The maximum Gasteiger partial charge on any atom is 0.0342 e. The first-order valence-electron chi connectivity index (χ1n) is 4.03. The van der Waals surface area contributed by atoms with Crippen LogP contribution in [-0.4, -0.2) is 27.7 Å². The minimum atomic E-state index is -0.616. The Labute approximate surface area is 76.8 Å². The van der Waals surface area contributed by atoms with Crippen molar-refractivity contribution in [3.8, 4) is 0 Å². The van der Waals surface area contributed by atoms with Crippen molar-refractivity contribution in [3.63, 3.8) is 0 Å². The average Bonchev–Trinajstić information content (AvgIpc) is 1.97. The second kappa shape index (κ2) is 7.17. The quantitative estimate of drug-likeness (QED) is 0.604. The van der Waals surface area contributed by atoms with E-state index in [0.29, 0.717) is 5.25 Å². The lowest BCUT2D eigenvalue weighted by Crippen LogP contribution is -2.12. The Hall–Kier alpha value is 0.500. The molecule has 0 radical (unpaired) electrons. The van der Waals surface area contributed by atoms with E-state index in [4.69, 9.17) is 0 Å². The molecule has 0 N–H and O–H groups in total. The zero-order valence-electron chi connectivity index (χ0n) is 7.63. The highest BCUT2D eigenvalue weighted by Crippen LogP contribution is 2.10. The Morgan fingerprint density at radius 1 is 1.55 bits per heavy atom. The van der Waals surface area contributed by atoms with Gasteiger partial charge in [0.25, 0.3) is 0 Å². The van der Waals surface area contributed by atoms with Gasteiger partial charge < -0.3 is 0 Å². The van der Waals surface area contributed by atoms with Gasteiger partial charge in [-0.25, -0.2) is 0 Å². The summed E-state index contributed by atoms with van der Waals surface area (Å²) in [4.78, 5) is 0. The summed E-state index contributed by atoms with van der Waals surface area (Å²) in [5.74, 6) is 1.20. The minimum absolute atomic E-state index is 0.433. The van der Waals surface area contributed by atoms with Crippen LogP contribution in [0.1, 0.15) is 26.2 Å². The molecule has 0 aromatic rings. The van der Waals surface area contributed by atoms with Crippen LogP contribution in [0.25, 0.3) is 0 Å². The second-order valence-electron chi connectivity index (χ2n) is 2.66. The Morgan fingerprint density at radius 3 is 2.55 bits per heavy atom. The van der Waals surface area contributed by atoms with Gasteiger partial charge in [-0.3, -0.25) is 4.21 Å². The van der Waals surface area contributed by atoms with Gasteiger partial charge in [0.05, 0.1) is 0 Å². The molecule has 0 saturated carbocycles. The van der Waals surface area contributed by atoms with Crippen molar-refractivity contribution < 1.29 is 4.21 Å². The van der Waals surface area contributed by atoms with Gasteiger partial charge in [-0.1, -0.05) is 6.92 Å². The third-order valence-corrected chi connectivity index (χ3v) is 4.00. The third kappa shape index (κ3) is 5.74. The molecule has 0 aromatic heterocycles. The van der Waals surface area contributed by atoms with Gasteiger partial charge in [-0.15, -0.1) is 0 Å². The molecule has 0 amide bonds. The molecule has 2 atom stereocenters. The summed E-state index contributed by atoms with van der Waals surface area (Å²) in [7, 11) is -0.616. The fourth-order valence-corrected chi connectivity index (χ4v) is 2.48. The molecule has 68 valence electrons. The number of thioether (sulfide) groups is 1. The van der Waals surface area contributed by atoms with Gasteiger partial charge in [0, 0.05) is 22.3 Å². The zero-order chi connectivity index (χ0) is 8.69. The molecule has 0 bridgehead atoms. The molecule has 0 heterocycles. The fraction of sp³-hybridized carbons (Fsp3) is 1.00. The van der Waals surface area contributed by atoms with Crippen molar-refractivity contribution in [2.45, 2.75) is 31.4 Å². The molecular formula is C8H18OS2. The highest BCUT2D eigenvalue weighted by atomic mass is 32.2. The van der Waals surface area contributed by atoms with E-state index in [1.54, 1.807) is 0 Å². The molecule has 0 aliphatic rings. The first kappa shape index (κ1) is 11.5. The van der Waals surface area contributed by atoms with Crippen LogP contribution in [0.5, 0.6) is 0 Å². The van der Waals surface area contributed by atoms with Gasteiger partial charge in [-0.2, -0.15) is 11.8 Å². The molecule has 0 aromatic carbocycles. The minimum Gasteiger partial charge on any atom is -0.260 e. The largest absolute Gasteiger partial charge is 0.260 e. The summed E-state index contributed by atoms with van der Waals surface area (Å²) in [6.45, 7) is 2.12. The van der Waals surface area contributed by atoms with E-state index in [1.165, 1.54) is 12.2 Å². The molecule has 0 fully saturated rings. The van der Waals surface area contributed by atoms with Crippen molar-refractivity contribution in [2.75, 3.05) is 18.3 Å². The van der Waals surface area contributed by atoms with Crippen LogP contribution >= 0.6 is 11.8 Å². The molecule has 0 rings (SSSR count). The highest BCUT2D eigenvalue weighted by Gasteiger charge is 2.08. The first-order chi connectivity index (χ1) is 5.22. The van der Waals surface area contributed by atoms with Crippen LogP contribution in [0.3, 0.4) is 0 Å². The molecule has 2 unspecified atom stereocenters. The first-order valence-corrected chi connectivity index (χ1v) is 7.05. The van der Waals surface area contributed by atoms with Gasteiger partial charge in [0.15, 0.2) is 0 Å². The van der Waals surface area contributed by atoms with Crippen LogP contribution in [0.15, 0.2) is 0 Å². The molecule has 0 aliphatic heterocycles. The SMILES string of the molecule is CCC(CCCSC)S(C)=O. The molecule has 0 saturated heterocycles. The summed E-state index contributed by atoms with van der Waals surface area (Å²) in [6.07, 6.45) is 7.31. The zero-order valence-corrected chi connectivity index (χ0v) is 9.26. The van der Waals surface area contributed by atoms with Crippen molar-refractivity contribution >= 4 is 22.6 Å². The summed E-state index contributed by atoms with van der Waals surface area (Å²) in [6, 6.07) is 0. The summed E-state index contributed by atoms with van der Waals surface area (Å²) in [5, 5.41) is 0.433. The number of hydrogen-bond donors (Lipinski definition) is 0. The predicted octanol–water partition coefficient (Wildman–Crippen LogP) is 2.29.